The summed E-state index contributed by atoms with van der Waals surface area (Å²) in [5.74, 6) is 1.11. The Morgan fingerprint density at radius 2 is 2.38 bits per heavy atom. The van der Waals surface area contributed by atoms with E-state index in [9.17, 15) is 0 Å². The van der Waals surface area contributed by atoms with Gasteiger partial charge in [-0.05, 0) is 13.0 Å². The van der Waals surface area contributed by atoms with Crippen molar-refractivity contribution in [2.45, 2.75) is 12.8 Å². The van der Waals surface area contributed by atoms with Crippen molar-refractivity contribution < 1.29 is 9.84 Å². The van der Waals surface area contributed by atoms with Crippen LogP contribution in [0.25, 0.3) is 0 Å². The van der Waals surface area contributed by atoms with Gasteiger partial charge in [0.05, 0.1) is 18.2 Å². The molecule has 0 radical (unpaired) electrons. The summed E-state index contributed by atoms with van der Waals surface area (Å²) in [6.45, 7) is 2.21. The van der Waals surface area contributed by atoms with Gasteiger partial charge >= 0.3 is 0 Å². The molecule has 0 unspecified atom stereocenters. The molecule has 0 atom stereocenters. The van der Waals surface area contributed by atoms with Gasteiger partial charge in [-0.15, -0.1) is 11.6 Å². The first-order valence-corrected chi connectivity index (χ1v) is 4.57. The summed E-state index contributed by atoms with van der Waals surface area (Å²) < 4.78 is 5.28. The third kappa shape index (κ3) is 2.57. The lowest BCUT2D eigenvalue weighted by Gasteiger charge is -2.09. The highest BCUT2D eigenvalue weighted by molar-refractivity contribution is 6.17. The van der Waals surface area contributed by atoms with Crippen molar-refractivity contribution in [1.29, 1.82) is 0 Å². The zero-order valence-electron chi connectivity index (χ0n) is 7.46. The third-order valence-corrected chi connectivity index (χ3v) is 1.99. The van der Waals surface area contributed by atoms with Crippen molar-refractivity contribution in [3.05, 3.63) is 23.5 Å². The SMILES string of the molecule is Cc1c(OCCO)ccnc1CCl. The van der Waals surface area contributed by atoms with Gasteiger partial charge in [0.25, 0.3) is 0 Å². The topological polar surface area (TPSA) is 42.4 Å². The Morgan fingerprint density at radius 3 is 3.00 bits per heavy atom. The molecule has 1 N–H and O–H groups in total. The van der Waals surface area contributed by atoms with Crippen LogP contribution in [-0.2, 0) is 5.88 Å². The van der Waals surface area contributed by atoms with Crippen LogP contribution in [0.4, 0.5) is 0 Å². The van der Waals surface area contributed by atoms with Crippen LogP contribution >= 0.6 is 11.6 Å². The van der Waals surface area contributed by atoms with Crippen molar-refractivity contribution >= 4 is 11.6 Å². The maximum Gasteiger partial charge on any atom is 0.125 e. The lowest BCUT2D eigenvalue weighted by atomic mass is 10.2. The molecule has 0 saturated carbocycles. The molecule has 0 aromatic carbocycles. The largest absolute Gasteiger partial charge is 0.491 e. The molecule has 13 heavy (non-hydrogen) atoms. The van der Waals surface area contributed by atoms with Crippen LogP contribution in [0.15, 0.2) is 12.3 Å². The van der Waals surface area contributed by atoms with Crippen LogP contribution in [0.5, 0.6) is 5.75 Å². The summed E-state index contributed by atoms with van der Waals surface area (Å²) in [6.07, 6.45) is 1.65. The van der Waals surface area contributed by atoms with Crippen molar-refractivity contribution in [3.8, 4) is 5.75 Å². The van der Waals surface area contributed by atoms with Gasteiger partial charge in [-0.3, -0.25) is 4.98 Å². The van der Waals surface area contributed by atoms with Gasteiger partial charge < -0.3 is 9.84 Å². The van der Waals surface area contributed by atoms with Crippen LogP contribution in [0, 0.1) is 6.92 Å². The van der Waals surface area contributed by atoms with Gasteiger partial charge in [-0.25, -0.2) is 0 Å². The fourth-order valence-corrected chi connectivity index (χ4v) is 1.28. The van der Waals surface area contributed by atoms with E-state index in [-0.39, 0.29) is 6.61 Å². The molecule has 0 fully saturated rings. The summed E-state index contributed by atoms with van der Waals surface area (Å²) in [5.41, 5.74) is 1.75. The lowest BCUT2D eigenvalue weighted by molar-refractivity contribution is 0.200. The molecule has 0 aliphatic heterocycles. The van der Waals surface area contributed by atoms with E-state index in [1.807, 2.05) is 6.92 Å². The summed E-state index contributed by atoms with van der Waals surface area (Å²) in [7, 11) is 0. The zero-order valence-corrected chi connectivity index (χ0v) is 8.21. The molecule has 1 aromatic heterocycles. The molecule has 1 aromatic rings. The Kier molecular flexibility index (Phi) is 3.99. The van der Waals surface area contributed by atoms with Crippen LogP contribution in [0.1, 0.15) is 11.3 Å². The quantitative estimate of drug-likeness (QED) is 0.751. The highest BCUT2D eigenvalue weighted by Crippen LogP contribution is 2.20. The molecule has 0 aliphatic rings. The smallest absolute Gasteiger partial charge is 0.125 e. The first-order valence-electron chi connectivity index (χ1n) is 4.03. The summed E-state index contributed by atoms with van der Waals surface area (Å²) in [4.78, 5) is 4.09. The third-order valence-electron chi connectivity index (χ3n) is 1.73. The number of rotatable bonds is 4. The number of alkyl halides is 1. The standard InChI is InChI=1S/C9H12ClNO2/c1-7-8(6-10)11-3-2-9(7)13-5-4-12/h2-3,12H,4-6H2,1H3. The van der Waals surface area contributed by atoms with E-state index in [0.717, 1.165) is 17.0 Å². The number of halogens is 1. The van der Waals surface area contributed by atoms with Crippen molar-refractivity contribution in [3.63, 3.8) is 0 Å². The average molecular weight is 202 g/mol. The number of hydrogen-bond acceptors (Lipinski definition) is 3. The number of aliphatic hydroxyl groups is 1. The van der Waals surface area contributed by atoms with E-state index in [1.165, 1.54) is 0 Å². The predicted molar refractivity (Wildman–Crippen MR) is 51.1 cm³/mol. The Balaban J connectivity index is 2.81. The molecular formula is C9H12ClNO2. The fraction of sp³-hybridized carbons (Fsp3) is 0.444. The van der Waals surface area contributed by atoms with E-state index >= 15 is 0 Å². The molecule has 3 nitrogen and oxygen atoms in total. The molecule has 0 aliphatic carbocycles. The number of aliphatic hydroxyl groups excluding tert-OH is 1. The number of pyridine rings is 1. The zero-order chi connectivity index (χ0) is 9.68. The minimum absolute atomic E-state index is 0.0119. The Labute approximate surface area is 82.3 Å². The number of hydrogen-bond donors (Lipinski definition) is 1. The molecule has 0 saturated heterocycles. The Bertz CT molecular complexity index is 278. The first kappa shape index (κ1) is 10.3. The van der Waals surface area contributed by atoms with Crippen LogP contribution in [0.2, 0.25) is 0 Å². The van der Waals surface area contributed by atoms with E-state index in [0.29, 0.717) is 12.5 Å². The predicted octanol–water partition coefficient (Wildman–Crippen LogP) is 1.50. The maximum absolute atomic E-state index is 8.58. The molecule has 1 heterocycles. The molecule has 1 rings (SSSR count). The van der Waals surface area contributed by atoms with Crippen molar-refractivity contribution in [2.24, 2.45) is 0 Å². The maximum atomic E-state index is 8.58. The number of ether oxygens (including phenoxy) is 1. The van der Waals surface area contributed by atoms with Gasteiger partial charge in [0.1, 0.15) is 12.4 Å². The van der Waals surface area contributed by atoms with E-state index in [4.69, 9.17) is 21.4 Å². The van der Waals surface area contributed by atoms with E-state index < -0.39 is 0 Å². The summed E-state index contributed by atoms with van der Waals surface area (Å²) in [6, 6.07) is 1.76. The van der Waals surface area contributed by atoms with Gasteiger partial charge in [0, 0.05) is 11.8 Å². The number of nitrogens with zero attached hydrogens (tertiary/aromatic N) is 1. The average Bonchev–Trinajstić information content (AvgIpc) is 2.16. The van der Waals surface area contributed by atoms with Gasteiger partial charge in [-0.1, -0.05) is 0 Å². The van der Waals surface area contributed by atoms with Crippen molar-refractivity contribution in [2.75, 3.05) is 13.2 Å². The Hall–Kier alpha value is -0.800. The molecule has 0 amide bonds. The van der Waals surface area contributed by atoms with E-state index in [1.54, 1.807) is 12.3 Å². The van der Waals surface area contributed by atoms with E-state index in [2.05, 4.69) is 4.98 Å². The van der Waals surface area contributed by atoms with Crippen LogP contribution < -0.4 is 4.74 Å². The van der Waals surface area contributed by atoms with Crippen LogP contribution in [-0.4, -0.2) is 23.3 Å². The molecule has 4 heteroatoms. The highest BCUT2D eigenvalue weighted by Gasteiger charge is 2.04. The number of aromatic nitrogens is 1. The summed E-state index contributed by atoms with van der Waals surface area (Å²) >= 11 is 5.67. The highest BCUT2D eigenvalue weighted by atomic mass is 35.5. The minimum Gasteiger partial charge on any atom is -0.491 e. The van der Waals surface area contributed by atoms with Gasteiger partial charge in [0.15, 0.2) is 0 Å². The minimum atomic E-state index is 0.0119. The Morgan fingerprint density at radius 1 is 1.62 bits per heavy atom. The molecule has 0 spiro atoms. The molecular weight excluding hydrogens is 190 g/mol. The monoisotopic (exact) mass is 201 g/mol. The fourth-order valence-electron chi connectivity index (χ4n) is 1.01. The summed E-state index contributed by atoms with van der Waals surface area (Å²) in [5, 5.41) is 8.58. The van der Waals surface area contributed by atoms with Gasteiger partial charge in [0.2, 0.25) is 0 Å². The second-order valence-corrected chi connectivity index (χ2v) is 2.85. The van der Waals surface area contributed by atoms with Crippen molar-refractivity contribution in [1.82, 2.24) is 4.98 Å². The second kappa shape index (κ2) is 5.04. The first-order chi connectivity index (χ1) is 6.29. The normalized spacial score (nSPS) is 10.1. The second-order valence-electron chi connectivity index (χ2n) is 2.59. The lowest BCUT2D eigenvalue weighted by Crippen LogP contribution is -2.04. The van der Waals surface area contributed by atoms with Gasteiger partial charge in [-0.2, -0.15) is 0 Å². The molecule has 0 bridgehead atoms. The molecule has 72 valence electrons. The van der Waals surface area contributed by atoms with Crippen LogP contribution in [0.3, 0.4) is 0 Å².